The molecule has 29 heavy (non-hydrogen) atoms. The third-order valence-electron chi connectivity index (χ3n) is 4.50. The zero-order valence-corrected chi connectivity index (χ0v) is 18.0. The van der Waals surface area contributed by atoms with Crippen molar-refractivity contribution in [2.24, 2.45) is 0 Å². The lowest BCUT2D eigenvalue weighted by Gasteiger charge is -2.27. The molecule has 9 heteroatoms. The molecule has 3 rings (SSSR count). The molecule has 1 heterocycles. The van der Waals surface area contributed by atoms with Gasteiger partial charge in [0.25, 0.3) is 15.9 Å². The van der Waals surface area contributed by atoms with Gasteiger partial charge in [-0.2, -0.15) is 0 Å². The van der Waals surface area contributed by atoms with Crippen molar-refractivity contribution in [1.29, 1.82) is 0 Å². The maximum absolute atomic E-state index is 13.0. The molecule has 0 radical (unpaired) electrons. The molecule has 1 N–H and O–H groups in total. The van der Waals surface area contributed by atoms with Crippen molar-refractivity contribution in [1.82, 2.24) is 4.90 Å². The second-order valence-corrected chi connectivity index (χ2v) is 9.04. The molecule has 0 atom stereocenters. The standard InChI is InChI=1S/C20H24N2O5S2/c1-26-14-15-4-3-5-16(12-15)21-29(24,25)17-6-7-19(28-2)18(13-17)20(23)22-8-10-27-11-9-22/h3-7,12-13,21H,8-11,14H2,1-2H3. The number of sulfonamides is 1. The minimum Gasteiger partial charge on any atom is -0.380 e. The van der Waals surface area contributed by atoms with Crippen molar-refractivity contribution in [2.45, 2.75) is 16.4 Å². The van der Waals surface area contributed by atoms with Crippen LogP contribution < -0.4 is 4.72 Å². The summed E-state index contributed by atoms with van der Waals surface area (Å²) in [7, 11) is -2.27. The predicted molar refractivity (Wildman–Crippen MR) is 113 cm³/mol. The fraction of sp³-hybridized carbons (Fsp3) is 0.350. The number of hydrogen-bond donors (Lipinski definition) is 1. The molecule has 1 fully saturated rings. The minimum atomic E-state index is -3.85. The molecule has 1 saturated heterocycles. The quantitative estimate of drug-likeness (QED) is 0.672. The highest BCUT2D eigenvalue weighted by Gasteiger charge is 2.24. The van der Waals surface area contributed by atoms with E-state index in [4.69, 9.17) is 9.47 Å². The van der Waals surface area contributed by atoms with Gasteiger partial charge in [0.15, 0.2) is 0 Å². The Kier molecular flexibility index (Phi) is 7.18. The monoisotopic (exact) mass is 436 g/mol. The molecule has 0 saturated carbocycles. The summed E-state index contributed by atoms with van der Waals surface area (Å²) >= 11 is 1.41. The van der Waals surface area contributed by atoms with E-state index in [0.717, 1.165) is 10.5 Å². The summed E-state index contributed by atoms with van der Waals surface area (Å²) in [4.78, 5) is 15.4. The van der Waals surface area contributed by atoms with Crippen LogP contribution in [0.5, 0.6) is 0 Å². The summed E-state index contributed by atoms with van der Waals surface area (Å²) in [5.41, 5.74) is 1.68. The van der Waals surface area contributed by atoms with E-state index in [9.17, 15) is 13.2 Å². The molecule has 0 aromatic heterocycles. The van der Waals surface area contributed by atoms with Gasteiger partial charge in [-0.3, -0.25) is 9.52 Å². The van der Waals surface area contributed by atoms with Crippen LogP contribution in [0.15, 0.2) is 52.3 Å². The number of carbonyl (C=O) groups excluding carboxylic acids is 1. The third kappa shape index (κ3) is 5.30. The van der Waals surface area contributed by atoms with Gasteiger partial charge in [0.1, 0.15) is 0 Å². The molecule has 2 aromatic carbocycles. The molecule has 1 amide bonds. The first-order valence-corrected chi connectivity index (χ1v) is 11.8. The van der Waals surface area contributed by atoms with E-state index in [2.05, 4.69) is 4.72 Å². The van der Waals surface area contributed by atoms with Gasteiger partial charge in [-0.1, -0.05) is 12.1 Å². The SMILES string of the molecule is COCc1cccc(NS(=O)(=O)c2ccc(SC)c(C(=O)N3CCOCC3)c2)c1. The second kappa shape index (κ2) is 9.62. The molecular formula is C20H24N2O5S2. The van der Waals surface area contributed by atoms with E-state index in [-0.39, 0.29) is 10.8 Å². The number of nitrogens with one attached hydrogen (secondary N) is 1. The van der Waals surface area contributed by atoms with Gasteiger partial charge in [0, 0.05) is 30.8 Å². The molecule has 2 aromatic rings. The van der Waals surface area contributed by atoms with Gasteiger partial charge in [0.05, 0.1) is 30.3 Å². The number of thioether (sulfide) groups is 1. The Morgan fingerprint density at radius 2 is 1.97 bits per heavy atom. The molecule has 0 aliphatic carbocycles. The number of anilines is 1. The summed E-state index contributed by atoms with van der Waals surface area (Å²) in [6, 6.07) is 11.6. The van der Waals surface area contributed by atoms with Gasteiger partial charge in [-0.15, -0.1) is 11.8 Å². The molecule has 0 spiro atoms. The third-order valence-corrected chi connectivity index (χ3v) is 6.67. The van der Waals surface area contributed by atoms with Gasteiger partial charge in [0.2, 0.25) is 0 Å². The fourth-order valence-corrected chi connectivity index (χ4v) is 4.71. The maximum atomic E-state index is 13.0. The van der Waals surface area contributed by atoms with Crippen molar-refractivity contribution in [3.05, 3.63) is 53.6 Å². The maximum Gasteiger partial charge on any atom is 0.261 e. The number of ether oxygens (including phenoxy) is 2. The molecule has 0 bridgehead atoms. The van der Waals surface area contributed by atoms with Crippen molar-refractivity contribution in [3.63, 3.8) is 0 Å². The van der Waals surface area contributed by atoms with Gasteiger partial charge in [-0.05, 0) is 42.2 Å². The Morgan fingerprint density at radius 3 is 2.66 bits per heavy atom. The number of benzene rings is 2. The lowest BCUT2D eigenvalue weighted by molar-refractivity contribution is 0.0300. The van der Waals surface area contributed by atoms with Crippen LogP contribution in [0.3, 0.4) is 0 Å². The van der Waals surface area contributed by atoms with E-state index >= 15 is 0 Å². The first-order chi connectivity index (χ1) is 13.9. The Hall–Kier alpha value is -2.07. The fourth-order valence-electron chi connectivity index (χ4n) is 3.06. The van der Waals surface area contributed by atoms with Crippen LogP contribution in [0.4, 0.5) is 5.69 Å². The Labute approximate surface area is 175 Å². The number of hydrogen-bond acceptors (Lipinski definition) is 6. The Bertz CT molecular complexity index is 973. The van der Waals surface area contributed by atoms with E-state index < -0.39 is 10.0 Å². The number of morpholine rings is 1. The van der Waals surface area contributed by atoms with Crippen LogP contribution in [0.2, 0.25) is 0 Å². The zero-order valence-electron chi connectivity index (χ0n) is 16.4. The van der Waals surface area contributed by atoms with E-state index in [0.29, 0.717) is 44.2 Å². The first kappa shape index (κ1) is 21.6. The Balaban J connectivity index is 1.89. The van der Waals surface area contributed by atoms with Crippen molar-refractivity contribution < 1.29 is 22.7 Å². The van der Waals surface area contributed by atoms with Crippen LogP contribution >= 0.6 is 11.8 Å². The van der Waals surface area contributed by atoms with E-state index in [1.807, 2.05) is 12.3 Å². The summed E-state index contributed by atoms with van der Waals surface area (Å²) in [6.45, 7) is 2.34. The summed E-state index contributed by atoms with van der Waals surface area (Å²) in [5.74, 6) is -0.184. The first-order valence-electron chi connectivity index (χ1n) is 9.10. The molecular weight excluding hydrogens is 412 g/mol. The normalized spacial score (nSPS) is 14.6. The number of rotatable bonds is 7. The van der Waals surface area contributed by atoms with Crippen LogP contribution in [-0.2, 0) is 26.1 Å². The average molecular weight is 437 g/mol. The van der Waals surface area contributed by atoms with Crippen molar-refractivity contribution >= 4 is 33.4 Å². The van der Waals surface area contributed by atoms with Gasteiger partial charge in [-0.25, -0.2) is 8.42 Å². The number of amides is 1. The smallest absolute Gasteiger partial charge is 0.261 e. The molecule has 156 valence electrons. The highest BCUT2D eigenvalue weighted by molar-refractivity contribution is 7.98. The highest BCUT2D eigenvalue weighted by atomic mass is 32.2. The molecule has 1 aliphatic rings. The summed E-state index contributed by atoms with van der Waals surface area (Å²) in [5, 5.41) is 0. The summed E-state index contributed by atoms with van der Waals surface area (Å²) < 4.78 is 38.8. The van der Waals surface area contributed by atoms with Gasteiger partial charge < -0.3 is 14.4 Å². The van der Waals surface area contributed by atoms with Crippen molar-refractivity contribution in [3.8, 4) is 0 Å². The molecule has 1 aliphatic heterocycles. The number of nitrogens with zero attached hydrogens (tertiary/aromatic N) is 1. The van der Waals surface area contributed by atoms with Crippen LogP contribution in [0, 0.1) is 0 Å². The highest BCUT2D eigenvalue weighted by Crippen LogP contribution is 2.26. The largest absolute Gasteiger partial charge is 0.380 e. The van der Waals surface area contributed by atoms with Crippen LogP contribution in [0.25, 0.3) is 0 Å². The predicted octanol–water partition coefficient (Wildman–Crippen LogP) is 2.83. The Morgan fingerprint density at radius 1 is 1.21 bits per heavy atom. The van der Waals surface area contributed by atoms with E-state index in [1.165, 1.54) is 23.9 Å². The van der Waals surface area contributed by atoms with Crippen LogP contribution in [0.1, 0.15) is 15.9 Å². The van der Waals surface area contributed by atoms with Gasteiger partial charge >= 0.3 is 0 Å². The number of methoxy groups -OCH3 is 1. The lowest BCUT2D eigenvalue weighted by atomic mass is 10.2. The summed E-state index contributed by atoms with van der Waals surface area (Å²) in [6.07, 6.45) is 1.86. The lowest BCUT2D eigenvalue weighted by Crippen LogP contribution is -2.40. The van der Waals surface area contributed by atoms with Crippen molar-refractivity contribution in [2.75, 3.05) is 44.4 Å². The zero-order chi connectivity index (χ0) is 20.9. The topological polar surface area (TPSA) is 84.9 Å². The van der Waals surface area contributed by atoms with Crippen LogP contribution in [-0.4, -0.2) is 58.9 Å². The molecule has 0 unspecified atom stereocenters. The number of carbonyl (C=O) groups is 1. The second-order valence-electron chi connectivity index (χ2n) is 6.51. The average Bonchev–Trinajstić information content (AvgIpc) is 2.73. The minimum absolute atomic E-state index is 0.0454. The molecule has 7 nitrogen and oxygen atoms in total. The van der Waals surface area contributed by atoms with E-state index in [1.54, 1.807) is 36.3 Å².